The number of aliphatic carboxylic acids is 2. The highest BCUT2D eigenvalue weighted by Gasteiger charge is 2.38. The largest absolute Gasteiger partial charge is 0.508 e. The predicted molar refractivity (Wildman–Crippen MR) is 214 cm³/mol. The fraction of sp³-hybridized carbons (Fsp3) is 0.317. The molecule has 0 saturated carbocycles. The number of carboxylic acid groups (broad SMARTS) is 2. The molecule has 0 aliphatic heterocycles. The average molecular weight is 926 g/mol. The number of halogens is 6. The van der Waals surface area contributed by atoms with Gasteiger partial charge in [0, 0.05) is 29.6 Å². The van der Waals surface area contributed by atoms with Crippen LogP contribution in [0, 0.1) is 5.92 Å². The molecule has 0 radical (unpaired) electrons. The molecule has 8 N–H and O–H groups in total. The molecule has 0 saturated heterocycles. The van der Waals surface area contributed by atoms with E-state index in [2.05, 4.69) is 26.6 Å². The maximum atomic E-state index is 13.6. The van der Waals surface area contributed by atoms with Crippen molar-refractivity contribution in [2.24, 2.45) is 5.92 Å². The number of hydrogen-bond acceptors (Lipinski definition) is 11. The molecule has 0 aliphatic rings. The van der Waals surface area contributed by atoms with Gasteiger partial charge < -0.3 is 51.1 Å². The van der Waals surface area contributed by atoms with Crippen molar-refractivity contribution >= 4 is 58.3 Å². The van der Waals surface area contributed by atoms with Gasteiger partial charge in [0.25, 0.3) is 0 Å². The van der Waals surface area contributed by atoms with Gasteiger partial charge in [0.2, 0.25) is 23.6 Å². The van der Waals surface area contributed by atoms with Crippen molar-refractivity contribution in [3.8, 4) is 5.75 Å². The van der Waals surface area contributed by atoms with Crippen LogP contribution in [-0.2, 0) is 52.7 Å². The summed E-state index contributed by atoms with van der Waals surface area (Å²) in [4.78, 5) is 98.5. The van der Waals surface area contributed by atoms with Gasteiger partial charge in [-0.3, -0.25) is 24.0 Å². The number of fused-ring (bicyclic) bond motifs is 1. The lowest BCUT2D eigenvalue weighted by atomic mass is 10.0. The third-order valence-electron chi connectivity index (χ3n) is 8.77. The molecule has 0 spiro atoms. The van der Waals surface area contributed by atoms with E-state index in [4.69, 9.17) is 19.1 Å². The second kappa shape index (κ2) is 22.6. The summed E-state index contributed by atoms with van der Waals surface area (Å²) >= 11 is 0. The Balaban J connectivity index is 0.00000148. The predicted octanol–water partition coefficient (Wildman–Crippen LogP) is 4.23. The number of nitrogens with one attached hydrogen (secondary N) is 5. The maximum absolute atomic E-state index is 13.6. The number of aromatic hydroxyl groups is 1. The number of hydrogen-bond donors (Lipinski definition) is 8. The van der Waals surface area contributed by atoms with Crippen LogP contribution in [0.2, 0.25) is 0 Å². The zero-order chi connectivity index (χ0) is 48.8. The zero-order valence-corrected chi connectivity index (χ0v) is 34.2. The summed E-state index contributed by atoms with van der Waals surface area (Å²) in [6, 6.07) is 12.1. The number of phenols is 1. The lowest BCUT2D eigenvalue weighted by Gasteiger charge is -2.27. The second-order valence-corrected chi connectivity index (χ2v) is 14.2. The van der Waals surface area contributed by atoms with Crippen molar-refractivity contribution in [2.45, 2.75) is 76.7 Å². The van der Waals surface area contributed by atoms with Crippen LogP contribution in [0.3, 0.4) is 0 Å². The van der Waals surface area contributed by atoms with Crippen LogP contribution in [0.15, 0.2) is 88.1 Å². The molecular weight excluding hydrogens is 884 g/mol. The van der Waals surface area contributed by atoms with Crippen molar-refractivity contribution in [3.63, 3.8) is 0 Å². The van der Waals surface area contributed by atoms with Crippen molar-refractivity contribution in [3.05, 3.63) is 106 Å². The maximum Gasteiger partial charge on any atom is 0.490 e. The van der Waals surface area contributed by atoms with Crippen molar-refractivity contribution in [2.75, 3.05) is 5.32 Å². The smallest absolute Gasteiger partial charge is 0.490 e. The SMILES string of the molecule is CC(C)[C@H](NC(=O)[C@H](Cc1ccc(O)cc1)NC(=O)OCc1ccccc1)C(=O)N[C@@H](C)C(=O)N[C@@H](CC(=O)O)C(=O)Nc1ccc2c(C(F)(F)F)cc(=O)oc2c1.O=C(O)C(F)(F)F. The molecule has 0 bridgehead atoms. The van der Waals surface area contributed by atoms with Gasteiger partial charge in [-0.15, -0.1) is 0 Å². The molecular formula is C41H41F6N5O13. The summed E-state index contributed by atoms with van der Waals surface area (Å²) in [5, 5.41) is 37.7. The van der Waals surface area contributed by atoms with E-state index in [1.54, 1.807) is 44.2 Å². The van der Waals surface area contributed by atoms with E-state index in [1.165, 1.54) is 31.2 Å². The molecule has 1 heterocycles. The van der Waals surface area contributed by atoms with E-state index < -0.39 is 113 Å². The van der Waals surface area contributed by atoms with E-state index in [0.717, 1.165) is 18.2 Å². The minimum absolute atomic E-state index is 0.0309. The molecule has 65 heavy (non-hydrogen) atoms. The van der Waals surface area contributed by atoms with Crippen molar-refractivity contribution in [1.29, 1.82) is 0 Å². The molecule has 4 atom stereocenters. The van der Waals surface area contributed by atoms with Gasteiger partial charge in [0.05, 0.1) is 12.0 Å². The lowest BCUT2D eigenvalue weighted by Crippen LogP contribution is -2.59. The van der Waals surface area contributed by atoms with E-state index in [1.807, 2.05) is 0 Å². The summed E-state index contributed by atoms with van der Waals surface area (Å²) in [6.45, 7) is 4.33. The molecule has 3 aromatic carbocycles. The minimum atomic E-state index is -5.08. The van der Waals surface area contributed by atoms with Gasteiger partial charge in [-0.25, -0.2) is 14.4 Å². The molecule has 0 fully saturated rings. The van der Waals surface area contributed by atoms with E-state index >= 15 is 0 Å². The summed E-state index contributed by atoms with van der Waals surface area (Å²) in [5.74, 6) is -8.65. The van der Waals surface area contributed by atoms with Crippen LogP contribution in [0.1, 0.15) is 43.9 Å². The number of anilines is 1. The number of rotatable bonds is 16. The number of benzene rings is 3. The van der Waals surface area contributed by atoms with Gasteiger partial charge in [-0.1, -0.05) is 56.3 Å². The Morgan fingerprint density at radius 1 is 0.708 bits per heavy atom. The number of ether oxygens (including phenoxy) is 1. The van der Waals surface area contributed by atoms with E-state index in [-0.39, 0.29) is 30.5 Å². The Kier molecular flexibility index (Phi) is 18.0. The first kappa shape index (κ1) is 51.7. The first-order valence-electron chi connectivity index (χ1n) is 18.9. The van der Waals surface area contributed by atoms with E-state index in [9.17, 15) is 70.1 Å². The quantitative estimate of drug-likeness (QED) is 0.0578. The zero-order valence-electron chi connectivity index (χ0n) is 34.2. The highest BCUT2D eigenvalue weighted by atomic mass is 19.4. The van der Waals surface area contributed by atoms with Crippen LogP contribution in [-0.4, -0.2) is 87.3 Å². The molecule has 0 aliphatic carbocycles. The van der Waals surface area contributed by atoms with Crippen LogP contribution in [0.5, 0.6) is 5.75 Å². The fourth-order valence-electron chi connectivity index (χ4n) is 5.53. The van der Waals surface area contributed by atoms with Gasteiger partial charge in [0.1, 0.15) is 42.1 Å². The first-order valence-corrected chi connectivity index (χ1v) is 18.9. The molecule has 4 rings (SSSR count). The van der Waals surface area contributed by atoms with Gasteiger partial charge in [0.15, 0.2) is 0 Å². The van der Waals surface area contributed by atoms with Crippen LogP contribution < -0.4 is 32.2 Å². The Labute approximate surface area is 363 Å². The molecule has 0 unspecified atom stereocenters. The van der Waals surface area contributed by atoms with Crippen LogP contribution in [0.25, 0.3) is 11.0 Å². The van der Waals surface area contributed by atoms with Gasteiger partial charge in [-0.2, -0.15) is 26.3 Å². The molecule has 1 aromatic heterocycles. The monoisotopic (exact) mass is 925 g/mol. The number of alkyl carbamates (subject to hydrolysis) is 1. The van der Waals surface area contributed by atoms with Gasteiger partial charge in [-0.05, 0) is 48.2 Å². The topological polar surface area (TPSA) is 280 Å². The number of phenolic OH excluding ortho intramolecular Hbond substituents is 1. The number of amides is 5. The molecule has 18 nitrogen and oxygen atoms in total. The Morgan fingerprint density at radius 3 is 1.88 bits per heavy atom. The average Bonchev–Trinajstić information content (AvgIpc) is 3.21. The van der Waals surface area contributed by atoms with Crippen LogP contribution in [0.4, 0.5) is 36.8 Å². The molecule has 350 valence electrons. The van der Waals surface area contributed by atoms with Gasteiger partial charge >= 0.3 is 36.0 Å². The summed E-state index contributed by atoms with van der Waals surface area (Å²) in [5.41, 5.74) is -2.06. The lowest BCUT2D eigenvalue weighted by molar-refractivity contribution is -0.192. The minimum Gasteiger partial charge on any atom is -0.508 e. The highest BCUT2D eigenvalue weighted by molar-refractivity contribution is 6.01. The normalized spacial score (nSPS) is 13.1. The van der Waals surface area contributed by atoms with Crippen LogP contribution >= 0.6 is 0 Å². The Morgan fingerprint density at radius 2 is 1.32 bits per heavy atom. The number of carboxylic acids is 2. The number of carbonyl (C=O) groups excluding carboxylic acids is 5. The summed E-state index contributed by atoms with van der Waals surface area (Å²) in [6.07, 6.45) is -11.9. The third-order valence-corrected chi connectivity index (χ3v) is 8.77. The molecule has 24 heteroatoms. The summed E-state index contributed by atoms with van der Waals surface area (Å²) < 4.78 is 82.2. The fourth-order valence-corrected chi connectivity index (χ4v) is 5.53. The second-order valence-electron chi connectivity index (χ2n) is 14.2. The highest BCUT2D eigenvalue weighted by Crippen LogP contribution is 2.34. The van der Waals surface area contributed by atoms with Crippen molar-refractivity contribution in [1.82, 2.24) is 21.3 Å². The summed E-state index contributed by atoms with van der Waals surface area (Å²) in [7, 11) is 0. The molecule has 5 amide bonds. The third kappa shape index (κ3) is 16.5. The number of alkyl halides is 6. The Hall–Kier alpha value is -7.66. The number of carbonyl (C=O) groups is 7. The Bertz CT molecular complexity index is 2410. The van der Waals surface area contributed by atoms with Crippen molar-refractivity contribution < 1.29 is 84.4 Å². The van der Waals surface area contributed by atoms with E-state index in [0.29, 0.717) is 11.1 Å². The molecule has 4 aromatic rings. The standard InChI is InChI=1S/C39H40F3N5O11.C2HF3O2/c1-20(2)33(47-36(54)28(15-22-9-12-25(48)13-10-22)46-38(56)57-19-23-7-5-4-6-8-23)37(55)43-21(3)34(52)45-29(18-31(49)50)35(53)44-24-11-14-26-27(39(40,41)42)17-32(51)58-30(26)16-24;3-2(4,5)1(6)7/h4-14,16-17,20-21,28-29,33,48H,15,18-19H2,1-3H3,(H,43,55)(H,44,53)(H,45,52)(H,46,56)(H,47,54)(H,49,50);(H,6,7)/t21-,28-,29-,33-;/m0./s1. The first-order chi connectivity index (χ1) is 30.2.